The number of carboxylic acids is 1. The molecule has 1 aliphatic rings. The van der Waals surface area contributed by atoms with Gasteiger partial charge in [-0.15, -0.1) is 0 Å². The van der Waals surface area contributed by atoms with E-state index >= 15 is 0 Å². The van der Waals surface area contributed by atoms with Crippen LogP contribution >= 0.6 is 0 Å². The van der Waals surface area contributed by atoms with E-state index in [0.717, 1.165) is 4.90 Å². The van der Waals surface area contributed by atoms with Gasteiger partial charge in [0, 0.05) is 13.2 Å². The molecule has 1 aliphatic heterocycles. The summed E-state index contributed by atoms with van der Waals surface area (Å²) >= 11 is 0. The SMILES string of the molecule is O=C(O)N1CCCC1(CCCO)C(=O)O. The molecule has 0 aromatic rings. The first-order valence-electron chi connectivity index (χ1n) is 4.89. The first-order chi connectivity index (χ1) is 7.04. The van der Waals surface area contributed by atoms with Crippen molar-refractivity contribution >= 4 is 12.1 Å². The van der Waals surface area contributed by atoms with Crippen molar-refractivity contribution in [2.45, 2.75) is 31.2 Å². The summed E-state index contributed by atoms with van der Waals surface area (Å²) in [6.07, 6.45) is 0.160. The lowest BCUT2D eigenvalue weighted by molar-refractivity contribution is -0.149. The maximum Gasteiger partial charge on any atom is 0.408 e. The molecule has 1 heterocycles. The summed E-state index contributed by atoms with van der Waals surface area (Å²) in [5.41, 5.74) is -1.32. The van der Waals surface area contributed by atoms with Gasteiger partial charge in [-0.3, -0.25) is 4.90 Å². The van der Waals surface area contributed by atoms with E-state index in [4.69, 9.17) is 15.3 Å². The summed E-state index contributed by atoms with van der Waals surface area (Å²) in [6, 6.07) is 0. The van der Waals surface area contributed by atoms with E-state index in [2.05, 4.69) is 0 Å². The van der Waals surface area contributed by atoms with Crippen LogP contribution in [0.3, 0.4) is 0 Å². The van der Waals surface area contributed by atoms with Gasteiger partial charge in [-0.2, -0.15) is 0 Å². The molecule has 1 amide bonds. The van der Waals surface area contributed by atoms with E-state index in [1.807, 2.05) is 0 Å². The standard InChI is InChI=1S/C9H15NO5/c11-6-2-4-9(7(12)13)3-1-5-10(9)8(14)15/h11H,1-6H2,(H,12,13)(H,14,15). The second-order valence-corrected chi connectivity index (χ2v) is 3.70. The molecule has 0 aliphatic carbocycles. The Morgan fingerprint density at radius 3 is 2.47 bits per heavy atom. The van der Waals surface area contributed by atoms with Crippen molar-refractivity contribution in [2.75, 3.05) is 13.2 Å². The van der Waals surface area contributed by atoms with Crippen molar-refractivity contribution in [1.82, 2.24) is 4.90 Å². The molecule has 15 heavy (non-hydrogen) atoms. The van der Waals surface area contributed by atoms with Crippen LogP contribution in [-0.4, -0.2) is 51.0 Å². The zero-order chi connectivity index (χ0) is 11.5. The fourth-order valence-corrected chi connectivity index (χ4v) is 2.12. The Kier molecular flexibility index (Phi) is 3.52. The lowest BCUT2D eigenvalue weighted by Gasteiger charge is -2.32. The van der Waals surface area contributed by atoms with Crippen LogP contribution < -0.4 is 0 Å². The number of aliphatic hydroxyl groups excluding tert-OH is 1. The number of hydrogen-bond acceptors (Lipinski definition) is 3. The van der Waals surface area contributed by atoms with E-state index in [-0.39, 0.29) is 19.6 Å². The van der Waals surface area contributed by atoms with Gasteiger partial charge in [0.25, 0.3) is 0 Å². The number of hydrogen-bond donors (Lipinski definition) is 3. The van der Waals surface area contributed by atoms with Crippen LogP contribution in [0, 0.1) is 0 Å². The summed E-state index contributed by atoms with van der Waals surface area (Å²) in [6.45, 7) is 0.134. The molecule has 1 atom stereocenters. The van der Waals surface area contributed by atoms with Crippen molar-refractivity contribution < 1.29 is 24.9 Å². The lowest BCUT2D eigenvalue weighted by Crippen LogP contribution is -2.52. The molecule has 0 bridgehead atoms. The Morgan fingerprint density at radius 2 is 2.00 bits per heavy atom. The summed E-state index contributed by atoms with van der Waals surface area (Å²) in [5, 5.41) is 26.7. The van der Waals surface area contributed by atoms with Gasteiger partial charge in [-0.05, 0) is 25.7 Å². The third kappa shape index (κ3) is 2.04. The third-order valence-electron chi connectivity index (χ3n) is 2.87. The van der Waals surface area contributed by atoms with Crippen molar-refractivity contribution in [3.63, 3.8) is 0 Å². The molecule has 6 heteroatoms. The zero-order valence-corrected chi connectivity index (χ0v) is 8.35. The Balaban J connectivity index is 2.88. The van der Waals surface area contributed by atoms with E-state index in [0.29, 0.717) is 19.3 Å². The number of nitrogens with zero attached hydrogens (tertiary/aromatic N) is 1. The maximum atomic E-state index is 11.2. The first kappa shape index (κ1) is 11.8. The molecular formula is C9H15NO5. The molecule has 86 valence electrons. The van der Waals surface area contributed by atoms with Gasteiger partial charge in [-0.1, -0.05) is 0 Å². The molecule has 3 N–H and O–H groups in total. The van der Waals surface area contributed by atoms with E-state index in [1.165, 1.54) is 0 Å². The number of rotatable bonds is 4. The molecule has 0 aromatic heterocycles. The monoisotopic (exact) mass is 217 g/mol. The highest BCUT2D eigenvalue weighted by Gasteiger charge is 2.49. The maximum absolute atomic E-state index is 11.2. The Bertz CT molecular complexity index is 267. The average Bonchev–Trinajstić information content (AvgIpc) is 2.59. The van der Waals surface area contributed by atoms with E-state index in [9.17, 15) is 9.59 Å². The summed E-state index contributed by atoms with van der Waals surface area (Å²) < 4.78 is 0. The Morgan fingerprint density at radius 1 is 1.33 bits per heavy atom. The predicted octanol–water partition coefficient (Wildman–Crippen LogP) is 0.356. The quantitative estimate of drug-likeness (QED) is 0.631. The Labute approximate surface area is 87.1 Å². The third-order valence-corrected chi connectivity index (χ3v) is 2.87. The average molecular weight is 217 g/mol. The van der Waals surface area contributed by atoms with Gasteiger partial charge in [0.15, 0.2) is 0 Å². The van der Waals surface area contributed by atoms with Crippen molar-refractivity contribution in [1.29, 1.82) is 0 Å². The van der Waals surface area contributed by atoms with E-state index < -0.39 is 17.6 Å². The topological polar surface area (TPSA) is 98.1 Å². The summed E-state index contributed by atoms with van der Waals surface area (Å²) in [4.78, 5) is 23.0. The van der Waals surface area contributed by atoms with Crippen LogP contribution in [0.1, 0.15) is 25.7 Å². The Hall–Kier alpha value is -1.30. The number of carbonyl (C=O) groups is 2. The molecule has 6 nitrogen and oxygen atoms in total. The normalized spacial score (nSPS) is 25.5. The fraction of sp³-hybridized carbons (Fsp3) is 0.778. The van der Waals surface area contributed by atoms with Gasteiger partial charge >= 0.3 is 12.1 Å². The minimum Gasteiger partial charge on any atom is -0.479 e. The lowest BCUT2D eigenvalue weighted by atomic mass is 9.91. The van der Waals surface area contributed by atoms with Gasteiger partial charge in [0.2, 0.25) is 0 Å². The van der Waals surface area contributed by atoms with Crippen molar-refractivity contribution in [3.8, 4) is 0 Å². The van der Waals surface area contributed by atoms with Crippen LogP contribution in [0.25, 0.3) is 0 Å². The second-order valence-electron chi connectivity index (χ2n) is 3.70. The number of likely N-dealkylation sites (tertiary alicyclic amines) is 1. The van der Waals surface area contributed by atoms with Crippen LogP contribution in [0.5, 0.6) is 0 Å². The molecule has 0 aromatic carbocycles. The van der Waals surface area contributed by atoms with Crippen molar-refractivity contribution in [2.24, 2.45) is 0 Å². The highest BCUT2D eigenvalue weighted by Crippen LogP contribution is 2.33. The van der Waals surface area contributed by atoms with Crippen LogP contribution in [0.4, 0.5) is 4.79 Å². The second kappa shape index (κ2) is 4.48. The highest BCUT2D eigenvalue weighted by molar-refractivity contribution is 5.84. The fourth-order valence-electron chi connectivity index (χ4n) is 2.12. The predicted molar refractivity (Wildman–Crippen MR) is 50.7 cm³/mol. The smallest absolute Gasteiger partial charge is 0.408 e. The molecule has 1 rings (SSSR count). The van der Waals surface area contributed by atoms with Crippen molar-refractivity contribution in [3.05, 3.63) is 0 Å². The first-order valence-corrected chi connectivity index (χ1v) is 4.89. The summed E-state index contributed by atoms with van der Waals surface area (Å²) in [5.74, 6) is -1.11. The van der Waals surface area contributed by atoms with Crippen LogP contribution in [0.2, 0.25) is 0 Å². The van der Waals surface area contributed by atoms with Gasteiger partial charge in [0.1, 0.15) is 5.54 Å². The van der Waals surface area contributed by atoms with Gasteiger partial charge < -0.3 is 15.3 Å². The largest absolute Gasteiger partial charge is 0.479 e. The van der Waals surface area contributed by atoms with Gasteiger partial charge in [-0.25, -0.2) is 9.59 Å². The zero-order valence-electron chi connectivity index (χ0n) is 8.35. The summed E-state index contributed by atoms with van der Waals surface area (Å²) in [7, 11) is 0. The molecule has 1 fully saturated rings. The molecule has 0 radical (unpaired) electrons. The minimum absolute atomic E-state index is 0.123. The molecule has 0 saturated carbocycles. The molecule has 0 spiro atoms. The number of carboxylic acid groups (broad SMARTS) is 2. The number of amides is 1. The van der Waals surface area contributed by atoms with Gasteiger partial charge in [0.05, 0.1) is 0 Å². The molecule has 1 saturated heterocycles. The van der Waals surface area contributed by atoms with Crippen LogP contribution in [-0.2, 0) is 4.79 Å². The molecule has 1 unspecified atom stereocenters. The minimum atomic E-state index is -1.32. The van der Waals surface area contributed by atoms with E-state index in [1.54, 1.807) is 0 Å². The van der Waals surface area contributed by atoms with Crippen LogP contribution in [0.15, 0.2) is 0 Å². The molecular weight excluding hydrogens is 202 g/mol. The number of aliphatic carboxylic acids is 1. The number of aliphatic hydroxyl groups is 1. The highest BCUT2D eigenvalue weighted by atomic mass is 16.4.